The molecule has 0 saturated heterocycles. The maximum atomic E-state index is 2.00. The van der Waals surface area contributed by atoms with E-state index in [4.69, 9.17) is 0 Å². The summed E-state index contributed by atoms with van der Waals surface area (Å²) in [5.41, 5.74) is 0. The van der Waals surface area contributed by atoms with Crippen LogP contribution in [-0.4, -0.2) is 0 Å². The van der Waals surface area contributed by atoms with Crippen molar-refractivity contribution in [3.05, 3.63) is 36.4 Å². The Bertz CT molecular complexity index is 83.0. The molecule has 0 nitrogen and oxygen atoms in total. The second-order valence-electron chi connectivity index (χ2n) is 1.15. The van der Waals surface area contributed by atoms with Crippen molar-refractivity contribution >= 4 is 0 Å². The van der Waals surface area contributed by atoms with Crippen molar-refractivity contribution in [3.8, 4) is 0 Å². The average Bonchev–Trinajstić information content (AvgIpc) is 1.72. The molecule has 0 fully saturated rings. The molecule has 0 aliphatic heterocycles. The summed E-state index contributed by atoms with van der Waals surface area (Å²) in [5.74, 6) is 0. The monoisotopic (exact) mass is 254 g/mol. The maximum Gasteiger partial charge on any atom is 2.00 e. The van der Waals surface area contributed by atoms with Gasteiger partial charge in [0, 0.05) is 0 Å². The van der Waals surface area contributed by atoms with Gasteiger partial charge in [-0.2, -0.15) is 0 Å². The van der Waals surface area contributed by atoms with Crippen LogP contribution in [0.15, 0.2) is 36.4 Å². The third-order valence-corrected chi connectivity index (χ3v) is 0.667. The summed E-state index contributed by atoms with van der Waals surface area (Å²) in [5, 5.41) is 0. The fourth-order valence-electron chi connectivity index (χ4n) is 0.385. The Balaban J connectivity index is -0.000000120. The van der Waals surface area contributed by atoms with Crippen molar-refractivity contribution < 1.29 is 45.2 Å². The van der Waals surface area contributed by atoms with Crippen LogP contribution < -0.4 is 24.8 Å². The van der Waals surface area contributed by atoms with E-state index in [9.17, 15) is 0 Å². The molecule has 0 amide bonds. The molecule has 1 aromatic rings. The second-order valence-corrected chi connectivity index (χ2v) is 1.15. The molecule has 0 bridgehead atoms. The molecular formula is C6H6Cl2Pd. The quantitative estimate of drug-likeness (QED) is 0.412. The second kappa shape index (κ2) is 11.3. The maximum absolute atomic E-state index is 2.00. The van der Waals surface area contributed by atoms with Crippen LogP contribution >= 0.6 is 0 Å². The van der Waals surface area contributed by atoms with Gasteiger partial charge in [0.05, 0.1) is 0 Å². The van der Waals surface area contributed by atoms with Gasteiger partial charge in [-0.1, -0.05) is 36.4 Å². The van der Waals surface area contributed by atoms with E-state index in [-0.39, 0.29) is 45.2 Å². The van der Waals surface area contributed by atoms with Crippen LogP contribution in [0.1, 0.15) is 0 Å². The molecule has 1 aromatic carbocycles. The molecule has 0 atom stereocenters. The van der Waals surface area contributed by atoms with E-state index in [1.54, 1.807) is 0 Å². The number of hydrogen-bond donors (Lipinski definition) is 0. The molecule has 0 aromatic heterocycles. The van der Waals surface area contributed by atoms with E-state index in [1.165, 1.54) is 0 Å². The summed E-state index contributed by atoms with van der Waals surface area (Å²) in [6, 6.07) is 12.0. The van der Waals surface area contributed by atoms with Gasteiger partial charge < -0.3 is 24.8 Å². The van der Waals surface area contributed by atoms with E-state index in [0.717, 1.165) is 0 Å². The van der Waals surface area contributed by atoms with Crippen LogP contribution in [-0.2, 0) is 20.4 Å². The number of rotatable bonds is 0. The van der Waals surface area contributed by atoms with Crippen LogP contribution in [0.2, 0.25) is 0 Å². The van der Waals surface area contributed by atoms with Crippen molar-refractivity contribution in [3.63, 3.8) is 0 Å². The van der Waals surface area contributed by atoms with Crippen molar-refractivity contribution in [2.75, 3.05) is 0 Å². The fourth-order valence-corrected chi connectivity index (χ4v) is 0.385. The van der Waals surface area contributed by atoms with Crippen LogP contribution in [0.3, 0.4) is 0 Å². The predicted molar refractivity (Wildman–Crippen MR) is 26.4 cm³/mol. The fraction of sp³-hybridized carbons (Fsp3) is 0. The first-order valence-electron chi connectivity index (χ1n) is 2.00. The van der Waals surface area contributed by atoms with E-state index >= 15 is 0 Å². The zero-order valence-corrected chi connectivity index (χ0v) is 7.60. The Kier molecular flexibility index (Phi) is 20.3. The summed E-state index contributed by atoms with van der Waals surface area (Å²) in [7, 11) is 0. The van der Waals surface area contributed by atoms with Crippen LogP contribution in [0.25, 0.3) is 0 Å². The number of halogens is 2. The van der Waals surface area contributed by atoms with Gasteiger partial charge in [-0.15, -0.1) is 0 Å². The summed E-state index contributed by atoms with van der Waals surface area (Å²) in [6.07, 6.45) is 0. The first-order valence-corrected chi connectivity index (χ1v) is 2.00. The van der Waals surface area contributed by atoms with Crippen LogP contribution in [0, 0.1) is 0 Å². The molecule has 0 heterocycles. The first-order chi connectivity index (χ1) is 3.00. The number of hydrogen-bond acceptors (Lipinski definition) is 0. The van der Waals surface area contributed by atoms with Gasteiger partial charge in [-0.05, 0) is 0 Å². The summed E-state index contributed by atoms with van der Waals surface area (Å²) in [4.78, 5) is 0. The van der Waals surface area contributed by atoms with Crippen LogP contribution in [0.4, 0.5) is 0 Å². The van der Waals surface area contributed by atoms with Crippen LogP contribution in [0.5, 0.6) is 0 Å². The van der Waals surface area contributed by atoms with Gasteiger partial charge in [-0.3, -0.25) is 0 Å². The van der Waals surface area contributed by atoms with Gasteiger partial charge in [0.15, 0.2) is 0 Å². The molecule has 54 valence electrons. The minimum Gasteiger partial charge on any atom is -1.00 e. The standard InChI is InChI=1S/C6H6.2ClH.Pd/c1-2-4-6-5-3-1;;;/h1-6H;2*1H;/q;;;+2/p-2. The topological polar surface area (TPSA) is 0 Å². The summed E-state index contributed by atoms with van der Waals surface area (Å²) in [6.45, 7) is 0. The third-order valence-electron chi connectivity index (χ3n) is 0.667. The SMILES string of the molecule is [Cl-].[Cl-].[Pd+2].c1ccccc1. The van der Waals surface area contributed by atoms with E-state index < -0.39 is 0 Å². The van der Waals surface area contributed by atoms with Crippen molar-refractivity contribution in [1.82, 2.24) is 0 Å². The van der Waals surface area contributed by atoms with Gasteiger partial charge in [0.2, 0.25) is 0 Å². The molecule has 0 unspecified atom stereocenters. The van der Waals surface area contributed by atoms with Gasteiger partial charge in [-0.25, -0.2) is 0 Å². The average molecular weight is 255 g/mol. The Morgan fingerprint density at radius 3 is 0.667 bits per heavy atom. The van der Waals surface area contributed by atoms with Gasteiger partial charge in [0.1, 0.15) is 0 Å². The van der Waals surface area contributed by atoms with Crippen molar-refractivity contribution in [2.45, 2.75) is 0 Å². The molecular weight excluding hydrogens is 249 g/mol. The van der Waals surface area contributed by atoms with Gasteiger partial charge >= 0.3 is 20.4 Å². The third kappa shape index (κ3) is 8.46. The minimum absolute atomic E-state index is 0. The molecule has 0 spiro atoms. The molecule has 1 rings (SSSR count). The Morgan fingerprint density at radius 2 is 0.556 bits per heavy atom. The smallest absolute Gasteiger partial charge is 1.00 e. The molecule has 0 N–H and O–H groups in total. The van der Waals surface area contributed by atoms with Gasteiger partial charge in [0.25, 0.3) is 0 Å². The summed E-state index contributed by atoms with van der Waals surface area (Å²) < 4.78 is 0. The largest absolute Gasteiger partial charge is 2.00 e. The van der Waals surface area contributed by atoms with Crippen molar-refractivity contribution in [2.24, 2.45) is 0 Å². The molecule has 0 radical (unpaired) electrons. The zero-order valence-electron chi connectivity index (χ0n) is 4.54. The minimum atomic E-state index is 0. The molecule has 9 heavy (non-hydrogen) atoms. The molecule has 0 aliphatic carbocycles. The van der Waals surface area contributed by atoms with E-state index in [0.29, 0.717) is 0 Å². The van der Waals surface area contributed by atoms with E-state index in [2.05, 4.69) is 0 Å². The van der Waals surface area contributed by atoms with E-state index in [1.807, 2.05) is 36.4 Å². The van der Waals surface area contributed by atoms with Crippen molar-refractivity contribution in [1.29, 1.82) is 0 Å². The molecule has 0 saturated carbocycles. The zero-order chi connectivity index (χ0) is 4.24. The normalized spacial score (nSPS) is 5.33. The Morgan fingerprint density at radius 1 is 0.444 bits per heavy atom. The predicted octanol–water partition coefficient (Wildman–Crippen LogP) is -4.31. The molecule has 0 aliphatic rings. The Labute approximate surface area is 81.5 Å². The molecule has 3 heteroatoms. The number of benzene rings is 1. The first kappa shape index (κ1) is 16.2. The Hall–Kier alpha value is 0.462. The summed E-state index contributed by atoms with van der Waals surface area (Å²) >= 11 is 0.